The number of hydrogen-bond donors (Lipinski definition) is 1. The van der Waals surface area contributed by atoms with Gasteiger partial charge in [-0.25, -0.2) is 9.37 Å². The van der Waals surface area contributed by atoms with E-state index < -0.39 is 17.0 Å². The third-order valence-corrected chi connectivity index (χ3v) is 3.10. The highest BCUT2D eigenvalue weighted by atomic mass is 32.1. The number of aromatic nitrogens is 1. The first kappa shape index (κ1) is 11.8. The normalized spacial score (nSPS) is 11.8. The molecular formula is C10H6F4N2S. The SMILES string of the molecule is Nc1ccc(F)cc1-c1cnc(C(F)(F)F)s1. The molecule has 0 unspecified atom stereocenters. The molecule has 0 aliphatic rings. The lowest BCUT2D eigenvalue weighted by Gasteiger charge is -2.02. The van der Waals surface area contributed by atoms with Gasteiger partial charge in [-0.2, -0.15) is 13.2 Å². The van der Waals surface area contributed by atoms with Crippen molar-refractivity contribution in [3.05, 3.63) is 35.2 Å². The highest BCUT2D eigenvalue weighted by Crippen LogP contribution is 2.38. The minimum absolute atomic E-state index is 0.189. The van der Waals surface area contributed by atoms with Crippen molar-refractivity contribution in [2.45, 2.75) is 6.18 Å². The summed E-state index contributed by atoms with van der Waals surface area (Å²) < 4.78 is 50.0. The van der Waals surface area contributed by atoms with E-state index in [9.17, 15) is 17.6 Å². The maximum Gasteiger partial charge on any atom is 0.443 e. The molecule has 1 heterocycles. The van der Waals surface area contributed by atoms with Crippen LogP contribution in [-0.4, -0.2) is 4.98 Å². The second-order valence-electron chi connectivity index (χ2n) is 3.26. The summed E-state index contributed by atoms with van der Waals surface area (Å²) in [6, 6.07) is 3.53. The first-order chi connectivity index (χ1) is 7.88. The summed E-state index contributed by atoms with van der Waals surface area (Å²) in [5.74, 6) is -0.559. The van der Waals surface area contributed by atoms with Gasteiger partial charge in [0.2, 0.25) is 0 Å². The second-order valence-corrected chi connectivity index (χ2v) is 4.29. The first-order valence-corrected chi connectivity index (χ1v) is 5.28. The van der Waals surface area contributed by atoms with Crippen molar-refractivity contribution in [3.63, 3.8) is 0 Å². The Morgan fingerprint density at radius 2 is 1.94 bits per heavy atom. The van der Waals surface area contributed by atoms with Gasteiger partial charge in [-0.05, 0) is 18.2 Å². The standard InChI is InChI=1S/C10H6F4N2S/c11-5-1-2-7(15)6(3-5)8-4-16-9(17-8)10(12,13)14/h1-4H,15H2. The van der Waals surface area contributed by atoms with Crippen molar-refractivity contribution in [2.75, 3.05) is 5.73 Å². The smallest absolute Gasteiger partial charge is 0.398 e. The van der Waals surface area contributed by atoms with Crippen LogP contribution in [0.1, 0.15) is 5.01 Å². The van der Waals surface area contributed by atoms with Crippen LogP contribution in [0.25, 0.3) is 10.4 Å². The predicted molar refractivity (Wildman–Crippen MR) is 56.9 cm³/mol. The molecule has 2 rings (SSSR count). The van der Waals surface area contributed by atoms with Gasteiger partial charge >= 0.3 is 6.18 Å². The van der Waals surface area contributed by atoms with E-state index in [0.29, 0.717) is 11.3 Å². The maximum absolute atomic E-state index is 13.0. The Balaban J connectivity index is 2.47. The highest BCUT2D eigenvalue weighted by molar-refractivity contribution is 7.15. The van der Waals surface area contributed by atoms with E-state index in [4.69, 9.17) is 5.73 Å². The first-order valence-electron chi connectivity index (χ1n) is 4.46. The molecule has 2 N–H and O–H groups in total. The van der Waals surface area contributed by atoms with Crippen molar-refractivity contribution < 1.29 is 17.6 Å². The molecule has 0 amide bonds. The minimum Gasteiger partial charge on any atom is -0.398 e. The third kappa shape index (κ3) is 2.38. The Kier molecular flexibility index (Phi) is 2.78. The summed E-state index contributed by atoms with van der Waals surface area (Å²) in [4.78, 5) is 3.44. The summed E-state index contributed by atoms with van der Waals surface area (Å²) in [5, 5.41) is -0.976. The molecule has 0 aliphatic heterocycles. The molecule has 0 aliphatic carbocycles. The number of halogens is 4. The lowest BCUT2D eigenvalue weighted by molar-refractivity contribution is -0.137. The Bertz CT molecular complexity index is 547. The van der Waals surface area contributed by atoms with E-state index >= 15 is 0 Å². The molecule has 90 valence electrons. The van der Waals surface area contributed by atoms with Crippen LogP contribution in [0.2, 0.25) is 0 Å². The number of nitrogen functional groups attached to an aromatic ring is 1. The van der Waals surface area contributed by atoms with Crippen LogP contribution in [0.4, 0.5) is 23.2 Å². The van der Waals surface area contributed by atoms with E-state index in [2.05, 4.69) is 4.98 Å². The van der Waals surface area contributed by atoms with Crippen molar-refractivity contribution >= 4 is 17.0 Å². The number of hydrogen-bond acceptors (Lipinski definition) is 3. The van der Waals surface area contributed by atoms with Gasteiger partial charge < -0.3 is 5.73 Å². The Morgan fingerprint density at radius 1 is 1.24 bits per heavy atom. The number of thiazole rings is 1. The van der Waals surface area contributed by atoms with Crippen LogP contribution < -0.4 is 5.73 Å². The molecule has 7 heteroatoms. The zero-order valence-corrected chi connectivity index (χ0v) is 9.07. The third-order valence-electron chi connectivity index (χ3n) is 2.03. The summed E-state index contributed by atoms with van der Waals surface area (Å²) in [6.45, 7) is 0. The predicted octanol–water partition coefficient (Wildman–Crippen LogP) is 3.55. The molecule has 0 radical (unpaired) electrons. The molecule has 1 aromatic carbocycles. The molecule has 0 spiro atoms. The molecule has 2 nitrogen and oxygen atoms in total. The van der Waals surface area contributed by atoms with E-state index in [1.54, 1.807) is 0 Å². The van der Waals surface area contributed by atoms with E-state index in [-0.39, 0.29) is 16.1 Å². The van der Waals surface area contributed by atoms with Gasteiger partial charge in [0.15, 0.2) is 5.01 Å². The number of alkyl halides is 3. The van der Waals surface area contributed by atoms with Crippen LogP contribution in [0, 0.1) is 5.82 Å². The Morgan fingerprint density at radius 3 is 2.53 bits per heavy atom. The van der Waals surface area contributed by atoms with Gasteiger partial charge in [0.25, 0.3) is 0 Å². The monoisotopic (exact) mass is 262 g/mol. The van der Waals surface area contributed by atoms with Crippen LogP contribution in [-0.2, 0) is 6.18 Å². The molecule has 17 heavy (non-hydrogen) atoms. The summed E-state index contributed by atoms with van der Waals surface area (Å²) >= 11 is 0.433. The average Bonchev–Trinajstić information content (AvgIpc) is 2.70. The van der Waals surface area contributed by atoms with Crippen LogP contribution in [0.15, 0.2) is 24.4 Å². The fourth-order valence-corrected chi connectivity index (χ4v) is 2.09. The second kappa shape index (κ2) is 3.99. The van der Waals surface area contributed by atoms with Crippen molar-refractivity contribution in [1.82, 2.24) is 4.98 Å². The average molecular weight is 262 g/mol. The molecule has 0 saturated heterocycles. The largest absolute Gasteiger partial charge is 0.443 e. The van der Waals surface area contributed by atoms with Crippen molar-refractivity contribution in [2.24, 2.45) is 0 Å². The van der Waals surface area contributed by atoms with Crippen molar-refractivity contribution in [1.29, 1.82) is 0 Å². The molecule has 0 fully saturated rings. The lowest BCUT2D eigenvalue weighted by Crippen LogP contribution is -2.02. The van der Waals surface area contributed by atoms with Gasteiger partial charge in [0.1, 0.15) is 5.82 Å². The van der Waals surface area contributed by atoms with Crippen molar-refractivity contribution in [3.8, 4) is 10.4 Å². The maximum atomic E-state index is 13.0. The van der Waals surface area contributed by atoms with Crippen LogP contribution in [0.3, 0.4) is 0 Å². The number of anilines is 1. The van der Waals surface area contributed by atoms with Crippen LogP contribution in [0.5, 0.6) is 0 Å². The summed E-state index contributed by atoms with van der Waals surface area (Å²) in [5.41, 5.74) is 6.00. The Labute approximate surface area is 97.7 Å². The van der Waals surface area contributed by atoms with E-state index in [1.807, 2.05) is 0 Å². The topological polar surface area (TPSA) is 38.9 Å². The molecule has 2 aromatic rings. The lowest BCUT2D eigenvalue weighted by atomic mass is 10.1. The molecule has 0 saturated carbocycles. The van der Waals surface area contributed by atoms with E-state index in [0.717, 1.165) is 18.3 Å². The number of rotatable bonds is 1. The number of benzene rings is 1. The fourth-order valence-electron chi connectivity index (χ4n) is 1.27. The van der Waals surface area contributed by atoms with Gasteiger partial charge in [-0.3, -0.25) is 0 Å². The summed E-state index contributed by atoms with van der Waals surface area (Å²) in [6.07, 6.45) is -3.45. The molecular weight excluding hydrogens is 256 g/mol. The van der Waals surface area contributed by atoms with Gasteiger partial charge in [0.05, 0.1) is 4.88 Å². The quantitative estimate of drug-likeness (QED) is 0.630. The molecule has 0 atom stereocenters. The van der Waals surface area contributed by atoms with Gasteiger partial charge in [-0.1, -0.05) is 0 Å². The van der Waals surface area contributed by atoms with Gasteiger partial charge in [-0.15, -0.1) is 11.3 Å². The van der Waals surface area contributed by atoms with Gasteiger partial charge in [0, 0.05) is 17.4 Å². The highest BCUT2D eigenvalue weighted by Gasteiger charge is 2.34. The zero-order chi connectivity index (χ0) is 12.6. The molecule has 0 bridgehead atoms. The van der Waals surface area contributed by atoms with E-state index in [1.165, 1.54) is 6.07 Å². The fraction of sp³-hybridized carbons (Fsp3) is 0.100. The Hall–Kier alpha value is -1.63. The molecule has 1 aromatic heterocycles. The number of nitrogens with two attached hydrogens (primary N) is 1. The van der Waals surface area contributed by atoms with Crippen LogP contribution >= 0.6 is 11.3 Å². The summed E-state index contributed by atoms with van der Waals surface area (Å²) in [7, 11) is 0. The minimum atomic E-state index is -4.50. The number of nitrogens with zero attached hydrogens (tertiary/aromatic N) is 1. The zero-order valence-electron chi connectivity index (χ0n) is 8.25.